The van der Waals surface area contributed by atoms with Crippen molar-refractivity contribution < 1.29 is 26.4 Å². The van der Waals surface area contributed by atoms with Crippen LogP contribution in [0.15, 0.2) is 47.4 Å². The quantitative estimate of drug-likeness (QED) is 0.677. The van der Waals surface area contributed by atoms with Gasteiger partial charge >= 0.3 is 0 Å². The van der Waals surface area contributed by atoms with Crippen molar-refractivity contribution >= 4 is 15.9 Å². The Balaban J connectivity index is 1.58. The van der Waals surface area contributed by atoms with Gasteiger partial charge in [-0.2, -0.15) is 4.31 Å². The van der Waals surface area contributed by atoms with Crippen LogP contribution in [0.3, 0.4) is 0 Å². The summed E-state index contributed by atoms with van der Waals surface area (Å²) in [4.78, 5) is 14.2. The number of rotatable bonds is 7. The molecule has 6 nitrogen and oxygen atoms in total. The number of nitrogens with one attached hydrogen (secondary N) is 1. The molecule has 1 unspecified atom stereocenters. The predicted molar refractivity (Wildman–Crippen MR) is 114 cm³/mol. The van der Waals surface area contributed by atoms with Gasteiger partial charge in [0.05, 0.1) is 10.9 Å². The van der Waals surface area contributed by atoms with Gasteiger partial charge in [0.15, 0.2) is 11.6 Å². The largest absolute Gasteiger partial charge is 0.354 e. The zero-order valence-corrected chi connectivity index (χ0v) is 18.7. The van der Waals surface area contributed by atoms with Crippen molar-refractivity contribution in [3.63, 3.8) is 0 Å². The molecule has 1 aliphatic heterocycles. The van der Waals surface area contributed by atoms with E-state index in [2.05, 4.69) is 5.32 Å². The van der Waals surface area contributed by atoms with Crippen molar-refractivity contribution in [1.82, 2.24) is 14.5 Å². The number of carbonyl (C=O) groups excluding carboxylic acids is 1. The molecular weight excluding hydrogens is 443 g/mol. The third kappa shape index (κ3) is 5.48. The Morgan fingerprint density at radius 2 is 1.78 bits per heavy atom. The van der Waals surface area contributed by atoms with Gasteiger partial charge < -0.3 is 10.2 Å². The van der Waals surface area contributed by atoms with Crippen molar-refractivity contribution in [3.8, 4) is 0 Å². The minimum atomic E-state index is -3.97. The zero-order chi connectivity index (χ0) is 23.5. The molecule has 10 heteroatoms. The normalized spacial score (nSPS) is 16.8. The van der Waals surface area contributed by atoms with Gasteiger partial charge in [0, 0.05) is 25.6 Å². The Labute approximate surface area is 186 Å². The average molecular weight is 470 g/mol. The second kappa shape index (κ2) is 10.0. The number of nitrogens with zero attached hydrogens (tertiary/aromatic N) is 2. The second-order valence-electron chi connectivity index (χ2n) is 8.03. The van der Waals surface area contributed by atoms with Gasteiger partial charge in [-0.05, 0) is 62.8 Å². The molecule has 1 amide bonds. The van der Waals surface area contributed by atoms with Gasteiger partial charge in [0.2, 0.25) is 15.9 Å². The molecule has 174 valence electrons. The Morgan fingerprint density at radius 3 is 2.38 bits per heavy atom. The maximum absolute atomic E-state index is 13.6. The molecule has 0 spiro atoms. The van der Waals surface area contributed by atoms with Crippen LogP contribution >= 0.6 is 0 Å². The molecule has 1 N–H and O–H groups in total. The number of hydrogen-bond acceptors (Lipinski definition) is 4. The van der Waals surface area contributed by atoms with Gasteiger partial charge in [0.1, 0.15) is 5.82 Å². The highest BCUT2D eigenvalue weighted by Crippen LogP contribution is 2.25. The second-order valence-corrected chi connectivity index (χ2v) is 9.97. The summed E-state index contributed by atoms with van der Waals surface area (Å²) in [7, 11) is -0.301. The molecule has 2 aromatic rings. The molecule has 0 aliphatic carbocycles. The fourth-order valence-electron chi connectivity index (χ4n) is 3.80. The van der Waals surface area contributed by atoms with E-state index in [1.165, 1.54) is 16.4 Å². The number of amides is 1. The van der Waals surface area contributed by atoms with E-state index in [-0.39, 0.29) is 48.2 Å². The average Bonchev–Trinajstić information content (AvgIpc) is 2.75. The molecule has 1 fully saturated rings. The number of halogens is 3. The molecule has 1 heterocycles. The fraction of sp³-hybridized carbons (Fsp3) is 0.409. The first-order chi connectivity index (χ1) is 15.1. The SMILES string of the molecule is CN(C)C(CNC(=O)C1CCN(S(=O)(=O)c2ccc(F)c(F)c2)CC1)c1cccc(F)c1. The summed E-state index contributed by atoms with van der Waals surface area (Å²) < 4.78 is 66.8. The fourth-order valence-corrected chi connectivity index (χ4v) is 5.28. The van der Waals surface area contributed by atoms with E-state index in [1.807, 2.05) is 19.0 Å². The van der Waals surface area contributed by atoms with E-state index in [0.717, 1.165) is 17.7 Å². The van der Waals surface area contributed by atoms with Crippen LogP contribution in [0.25, 0.3) is 0 Å². The van der Waals surface area contributed by atoms with E-state index < -0.39 is 21.7 Å². The number of hydrogen-bond donors (Lipinski definition) is 1. The third-order valence-corrected chi connectivity index (χ3v) is 7.57. The summed E-state index contributed by atoms with van der Waals surface area (Å²) in [5.41, 5.74) is 0.739. The highest BCUT2D eigenvalue weighted by molar-refractivity contribution is 7.89. The molecule has 1 aliphatic rings. The Bertz CT molecular complexity index is 1070. The standard InChI is InChI=1S/C22H26F3N3O3S/c1-27(2)21(16-4-3-5-17(23)12-16)14-26-22(29)15-8-10-28(11-9-15)32(30,31)18-6-7-19(24)20(25)13-18/h3-7,12-13,15,21H,8-11,14H2,1-2H3,(H,26,29). The van der Waals surface area contributed by atoms with Crippen LogP contribution in [-0.4, -0.2) is 57.3 Å². The van der Waals surface area contributed by atoms with Crippen LogP contribution in [0.4, 0.5) is 13.2 Å². The van der Waals surface area contributed by atoms with Gasteiger partial charge in [-0.3, -0.25) is 4.79 Å². The third-order valence-electron chi connectivity index (χ3n) is 5.68. The molecule has 0 saturated carbocycles. The lowest BCUT2D eigenvalue weighted by atomic mass is 9.97. The first kappa shape index (κ1) is 24.2. The van der Waals surface area contributed by atoms with Crippen LogP contribution in [0.1, 0.15) is 24.4 Å². The molecule has 1 atom stereocenters. The van der Waals surface area contributed by atoms with Gasteiger partial charge in [0.25, 0.3) is 0 Å². The van der Waals surface area contributed by atoms with Gasteiger partial charge in [-0.25, -0.2) is 21.6 Å². The van der Waals surface area contributed by atoms with Crippen molar-refractivity contribution in [3.05, 3.63) is 65.5 Å². The van der Waals surface area contributed by atoms with Crippen LogP contribution in [0.5, 0.6) is 0 Å². The van der Waals surface area contributed by atoms with Crippen LogP contribution in [0, 0.1) is 23.4 Å². The van der Waals surface area contributed by atoms with Crippen molar-refractivity contribution in [1.29, 1.82) is 0 Å². The Kier molecular flexibility index (Phi) is 7.58. The highest BCUT2D eigenvalue weighted by Gasteiger charge is 2.32. The monoisotopic (exact) mass is 469 g/mol. The first-order valence-corrected chi connectivity index (χ1v) is 11.7. The lowest BCUT2D eigenvalue weighted by molar-refractivity contribution is -0.126. The van der Waals surface area contributed by atoms with E-state index >= 15 is 0 Å². The van der Waals surface area contributed by atoms with E-state index in [9.17, 15) is 26.4 Å². The molecule has 32 heavy (non-hydrogen) atoms. The topological polar surface area (TPSA) is 69.7 Å². The summed E-state index contributed by atoms with van der Waals surface area (Å²) in [5.74, 6) is -3.27. The molecule has 1 saturated heterocycles. The summed E-state index contributed by atoms with van der Waals surface area (Å²) in [6.45, 7) is 0.476. The van der Waals surface area contributed by atoms with E-state index in [4.69, 9.17) is 0 Å². The molecule has 3 rings (SSSR count). The predicted octanol–water partition coefficient (Wildman–Crippen LogP) is 2.92. The van der Waals surface area contributed by atoms with Crippen LogP contribution < -0.4 is 5.32 Å². The molecule has 0 radical (unpaired) electrons. The number of piperidine rings is 1. The number of sulfonamides is 1. The van der Waals surface area contributed by atoms with E-state index in [1.54, 1.807) is 12.1 Å². The molecule has 2 aromatic carbocycles. The number of likely N-dealkylation sites (N-methyl/N-ethyl adjacent to an activating group) is 1. The van der Waals surface area contributed by atoms with Crippen molar-refractivity contribution in [2.45, 2.75) is 23.8 Å². The van der Waals surface area contributed by atoms with Crippen LogP contribution in [0.2, 0.25) is 0 Å². The smallest absolute Gasteiger partial charge is 0.243 e. The Hall–Kier alpha value is -2.43. The van der Waals surface area contributed by atoms with Gasteiger partial charge in [-0.15, -0.1) is 0 Å². The first-order valence-electron chi connectivity index (χ1n) is 10.2. The lowest BCUT2D eigenvalue weighted by Crippen LogP contribution is -2.44. The van der Waals surface area contributed by atoms with Crippen molar-refractivity contribution in [2.75, 3.05) is 33.7 Å². The van der Waals surface area contributed by atoms with E-state index in [0.29, 0.717) is 18.9 Å². The summed E-state index contributed by atoms with van der Waals surface area (Å²) in [6.07, 6.45) is 0.614. The summed E-state index contributed by atoms with van der Waals surface area (Å²) in [6, 6.07) is 8.45. The van der Waals surface area contributed by atoms with Crippen LogP contribution in [-0.2, 0) is 14.8 Å². The number of benzene rings is 2. The molecule has 0 bridgehead atoms. The van der Waals surface area contributed by atoms with Crippen molar-refractivity contribution in [2.24, 2.45) is 5.92 Å². The Morgan fingerprint density at radius 1 is 1.09 bits per heavy atom. The maximum atomic E-state index is 13.6. The summed E-state index contributed by atoms with van der Waals surface area (Å²) in [5, 5.41) is 2.89. The zero-order valence-electron chi connectivity index (χ0n) is 17.9. The molecular formula is C22H26F3N3O3S. The maximum Gasteiger partial charge on any atom is 0.243 e. The lowest BCUT2D eigenvalue weighted by Gasteiger charge is -2.31. The molecule has 0 aromatic heterocycles. The number of carbonyl (C=O) groups is 1. The van der Waals surface area contributed by atoms with Gasteiger partial charge in [-0.1, -0.05) is 12.1 Å². The summed E-state index contributed by atoms with van der Waals surface area (Å²) >= 11 is 0. The minimum Gasteiger partial charge on any atom is -0.354 e. The minimum absolute atomic E-state index is 0.0976. The highest BCUT2D eigenvalue weighted by atomic mass is 32.2.